The summed E-state index contributed by atoms with van der Waals surface area (Å²) in [5.41, 5.74) is 2.29. The quantitative estimate of drug-likeness (QED) is 0.791. The van der Waals surface area contributed by atoms with Crippen molar-refractivity contribution in [1.82, 2.24) is 4.72 Å². The molecular formula is C14H17NO3S. The maximum absolute atomic E-state index is 11.9. The van der Waals surface area contributed by atoms with Gasteiger partial charge in [-0.1, -0.05) is 27.7 Å². The first-order chi connectivity index (χ1) is 8.55. The lowest BCUT2D eigenvalue weighted by molar-refractivity contribution is 0.0985. The minimum atomic E-state index is -3.66. The van der Waals surface area contributed by atoms with Gasteiger partial charge in [-0.2, -0.15) is 0 Å². The first-order valence-electron chi connectivity index (χ1n) is 6.31. The molecule has 1 aliphatic carbocycles. The number of carbonyl (C=O) groups excluding carboxylic acids is 1. The van der Waals surface area contributed by atoms with E-state index in [2.05, 4.69) is 27.7 Å². The van der Waals surface area contributed by atoms with Crippen molar-refractivity contribution in [3.63, 3.8) is 0 Å². The zero-order valence-electron chi connectivity index (χ0n) is 11.5. The Morgan fingerprint density at radius 3 is 2.16 bits per heavy atom. The molecule has 0 spiro atoms. The first kappa shape index (κ1) is 12.7. The number of nitrogens with one attached hydrogen (secondary N) is 1. The van der Waals surface area contributed by atoms with Crippen LogP contribution in [0.3, 0.4) is 0 Å². The zero-order valence-corrected chi connectivity index (χ0v) is 12.3. The van der Waals surface area contributed by atoms with Gasteiger partial charge in [0, 0.05) is 0 Å². The maximum atomic E-state index is 11.9. The number of hydrogen-bond donors (Lipinski definition) is 1. The van der Waals surface area contributed by atoms with Crippen LogP contribution in [0.1, 0.15) is 55.6 Å². The molecule has 1 amide bonds. The number of amides is 1. The SMILES string of the molecule is CC1(C)CC(C)(C)c2cc3c(cc21)C(=O)NS3(=O)=O. The zero-order chi connectivity index (χ0) is 14.2. The summed E-state index contributed by atoms with van der Waals surface area (Å²) >= 11 is 0. The molecule has 2 aliphatic rings. The second kappa shape index (κ2) is 3.20. The molecule has 1 N–H and O–H groups in total. The van der Waals surface area contributed by atoms with E-state index in [0.29, 0.717) is 0 Å². The Kier molecular flexibility index (Phi) is 2.14. The van der Waals surface area contributed by atoms with Gasteiger partial charge in [0.15, 0.2) is 0 Å². The van der Waals surface area contributed by atoms with Gasteiger partial charge >= 0.3 is 0 Å². The van der Waals surface area contributed by atoms with Crippen molar-refractivity contribution in [2.45, 2.75) is 49.8 Å². The molecule has 0 saturated heterocycles. The topological polar surface area (TPSA) is 63.2 Å². The van der Waals surface area contributed by atoms with Crippen LogP contribution < -0.4 is 4.72 Å². The molecule has 0 fully saturated rings. The van der Waals surface area contributed by atoms with Gasteiger partial charge in [-0.3, -0.25) is 4.79 Å². The minimum Gasteiger partial charge on any atom is -0.268 e. The number of carbonyl (C=O) groups is 1. The molecule has 4 nitrogen and oxygen atoms in total. The second-order valence-electron chi connectivity index (χ2n) is 6.77. The largest absolute Gasteiger partial charge is 0.268 e. The number of hydrogen-bond acceptors (Lipinski definition) is 3. The molecule has 0 radical (unpaired) electrons. The van der Waals surface area contributed by atoms with E-state index >= 15 is 0 Å². The van der Waals surface area contributed by atoms with E-state index in [1.807, 2.05) is 4.72 Å². The third kappa shape index (κ3) is 1.57. The van der Waals surface area contributed by atoms with E-state index in [1.165, 1.54) is 0 Å². The normalized spacial score (nSPS) is 24.7. The fourth-order valence-electron chi connectivity index (χ4n) is 3.63. The second-order valence-corrected chi connectivity index (χ2v) is 8.42. The van der Waals surface area contributed by atoms with E-state index in [-0.39, 0.29) is 21.3 Å². The summed E-state index contributed by atoms with van der Waals surface area (Å²) < 4.78 is 25.9. The van der Waals surface area contributed by atoms with E-state index in [0.717, 1.165) is 17.5 Å². The van der Waals surface area contributed by atoms with Gasteiger partial charge in [-0.25, -0.2) is 13.1 Å². The van der Waals surface area contributed by atoms with Gasteiger partial charge < -0.3 is 0 Å². The molecule has 1 aromatic carbocycles. The van der Waals surface area contributed by atoms with Gasteiger partial charge in [-0.15, -0.1) is 0 Å². The molecule has 0 aromatic heterocycles. The highest BCUT2D eigenvalue weighted by molar-refractivity contribution is 7.90. The summed E-state index contributed by atoms with van der Waals surface area (Å²) in [4.78, 5) is 11.9. The van der Waals surface area contributed by atoms with Crippen molar-refractivity contribution in [3.8, 4) is 0 Å². The summed E-state index contributed by atoms with van der Waals surface area (Å²) in [5, 5.41) is 0. The Labute approximate surface area is 113 Å². The number of rotatable bonds is 0. The molecule has 1 aromatic rings. The molecule has 0 saturated carbocycles. The van der Waals surface area contributed by atoms with Gasteiger partial charge in [-0.05, 0) is 40.5 Å². The van der Waals surface area contributed by atoms with Crippen LogP contribution in [0.5, 0.6) is 0 Å². The van der Waals surface area contributed by atoms with E-state index in [4.69, 9.17) is 0 Å². The van der Waals surface area contributed by atoms with Crippen molar-refractivity contribution in [2.24, 2.45) is 0 Å². The predicted octanol–water partition coefficient (Wildman–Crippen LogP) is 2.08. The maximum Gasteiger partial charge on any atom is 0.266 e. The standard InChI is InChI=1S/C14H17NO3S/c1-13(2)7-14(3,4)10-6-11-8(5-9(10)13)12(16)15-19(11,17)18/h5-6H,7H2,1-4H3,(H,15,16). The fraction of sp³-hybridized carbons (Fsp3) is 0.500. The van der Waals surface area contributed by atoms with Crippen LogP contribution in [0.15, 0.2) is 17.0 Å². The molecule has 0 bridgehead atoms. The Hall–Kier alpha value is -1.36. The van der Waals surface area contributed by atoms with E-state index < -0.39 is 15.9 Å². The summed E-state index contributed by atoms with van der Waals surface area (Å²) in [6, 6.07) is 3.45. The van der Waals surface area contributed by atoms with Crippen LogP contribution in [0.2, 0.25) is 0 Å². The van der Waals surface area contributed by atoms with Gasteiger partial charge in [0.1, 0.15) is 4.90 Å². The summed E-state index contributed by atoms with van der Waals surface area (Å²) in [7, 11) is -3.66. The Morgan fingerprint density at radius 2 is 1.58 bits per heavy atom. The molecule has 1 heterocycles. The summed E-state index contributed by atoms with van der Waals surface area (Å²) in [5.74, 6) is -0.515. The average Bonchev–Trinajstić information content (AvgIpc) is 2.56. The molecule has 102 valence electrons. The lowest BCUT2D eigenvalue weighted by atomic mass is 9.82. The highest BCUT2D eigenvalue weighted by atomic mass is 32.2. The minimum absolute atomic E-state index is 0.0412. The van der Waals surface area contributed by atoms with E-state index in [9.17, 15) is 13.2 Å². The lowest BCUT2D eigenvalue weighted by Crippen LogP contribution is -2.21. The van der Waals surface area contributed by atoms with Crippen LogP contribution >= 0.6 is 0 Å². The molecular weight excluding hydrogens is 262 g/mol. The molecule has 1 aliphatic heterocycles. The van der Waals surface area contributed by atoms with Crippen molar-refractivity contribution >= 4 is 15.9 Å². The Morgan fingerprint density at radius 1 is 1.05 bits per heavy atom. The van der Waals surface area contributed by atoms with Gasteiger partial charge in [0.25, 0.3) is 15.9 Å². The predicted molar refractivity (Wildman–Crippen MR) is 71.8 cm³/mol. The molecule has 3 rings (SSSR count). The first-order valence-corrected chi connectivity index (χ1v) is 7.79. The number of sulfonamides is 1. The van der Waals surface area contributed by atoms with E-state index in [1.54, 1.807) is 12.1 Å². The summed E-state index contributed by atoms with van der Waals surface area (Å²) in [6.45, 7) is 8.50. The highest BCUT2D eigenvalue weighted by Crippen LogP contribution is 2.50. The molecule has 5 heteroatoms. The van der Waals surface area contributed by atoms with Crippen molar-refractivity contribution in [3.05, 3.63) is 28.8 Å². The monoisotopic (exact) mass is 279 g/mol. The van der Waals surface area contributed by atoms with Crippen LogP contribution in [0, 0.1) is 0 Å². The van der Waals surface area contributed by atoms with Crippen molar-refractivity contribution < 1.29 is 13.2 Å². The highest BCUT2D eigenvalue weighted by Gasteiger charge is 2.45. The smallest absolute Gasteiger partial charge is 0.266 e. The van der Waals surface area contributed by atoms with Gasteiger partial charge in [0.2, 0.25) is 0 Å². The lowest BCUT2D eigenvalue weighted by Gasteiger charge is -2.22. The molecule has 0 unspecified atom stereocenters. The fourth-order valence-corrected chi connectivity index (χ4v) is 4.80. The van der Waals surface area contributed by atoms with Crippen LogP contribution in [0.4, 0.5) is 0 Å². The van der Waals surface area contributed by atoms with Crippen LogP contribution in [0.25, 0.3) is 0 Å². The third-order valence-electron chi connectivity index (χ3n) is 4.22. The number of benzene rings is 1. The van der Waals surface area contributed by atoms with Crippen molar-refractivity contribution in [2.75, 3.05) is 0 Å². The van der Waals surface area contributed by atoms with Crippen LogP contribution in [-0.4, -0.2) is 14.3 Å². The van der Waals surface area contributed by atoms with Crippen LogP contribution in [-0.2, 0) is 20.9 Å². The molecule has 19 heavy (non-hydrogen) atoms. The molecule has 0 atom stereocenters. The average molecular weight is 279 g/mol. The number of fused-ring (bicyclic) bond motifs is 2. The summed E-state index contributed by atoms with van der Waals surface area (Å²) in [6.07, 6.45) is 0.944. The third-order valence-corrected chi connectivity index (χ3v) is 5.59. The van der Waals surface area contributed by atoms with Gasteiger partial charge in [0.05, 0.1) is 5.56 Å². The Bertz CT molecular complexity index is 714. The Balaban J connectivity index is 2.37. The van der Waals surface area contributed by atoms with Crippen molar-refractivity contribution in [1.29, 1.82) is 0 Å².